The Morgan fingerprint density at radius 1 is 1.39 bits per heavy atom. The van der Waals surface area contributed by atoms with Crippen molar-refractivity contribution in [1.82, 2.24) is 15.1 Å². The molecule has 2 atom stereocenters. The van der Waals surface area contributed by atoms with Crippen LogP contribution in [0.4, 0.5) is 0 Å². The van der Waals surface area contributed by atoms with E-state index in [0.717, 1.165) is 19.6 Å². The molecule has 2 rings (SSSR count). The van der Waals surface area contributed by atoms with Gasteiger partial charge in [0, 0.05) is 39.8 Å². The maximum Gasteiger partial charge on any atom is 0.240 e. The van der Waals surface area contributed by atoms with Crippen LogP contribution in [0.2, 0.25) is 0 Å². The Balaban J connectivity index is 2.07. The van der Waals surface area contributed by atoms with Crippen LogP contribution in [0.1, 0.15) is 33.1 Å². The molecular weight excluding hydrogens is 226 g/mol. The van der Waals surface area contributed by atoms with Crippen molar-refractivity contribution in [3.05, 3.63) is 0 Å². The summed E-state index contributed by atoms with van der Waals surface area (Å²) < 4.78 is 0. The fraction of sp³-hybridized carbons (Fsp3) is 0.929. The van der Waals surface area contributed by atoms with E-state index in [1.165, 1.54) is 19.3 Å². The van der Waals surface area contributed by atoms with Gasteiger partial charge in [0.25, 0.3) is 0 Å². The summed E-state index contributed by atoms with van der Waals surface area (Å²) in [6.07, 6.45) is 3.75. The lowest BCUT2D eigenvalue weighted by Gasteiger charge is -2.40. The molecular formula is C14H27N3O. The molecule has 104 valence electrons. The quantitative estimate of drug-likeness (QED) is 0.795. The van der Waals surface area contributed by atoms with Gasteiger partial charge in [0.05, 0.1) is 0 Å². The van der Waals surface area contributed by atoms with Crippen LogP contribution in [0.5, 0.6) is 0 Å². The molecule has 0 aromatic heterocycles. The molecule has 0 aromatic carbocycles. The zero-order chi connectivity index (χ0) is 13.3. The summed E-state index contributed by atoms with van der Waals surface area (Å²) in [5, 5.41) is 3.36. The first kappa shape index (κ1) is 13.8. The molecule has 1 aliphatic carbocycles. The van der Waals surface area contributed by atoms with Gasteiger partial charge >= 0.3 is 0 Å². The van der Waals surface area contributed by atoms with Gasteiger partial charge < -0.3 is 10.2 Å². The van der Waals surface area contributed by atoms with E-state index in [-0.39, 0.29) is 11.9 Å². The molecule has 4 heteroatoms. The minimum atomic E-state index is 0.0349. The third-order valence-corrected chi connectivity index (χ3v) is 4.42. The number of hydrogen-bond acceptors (Lipinski definition) is 3. The standard InChI is InChI=1S/C14H27N3O/c1-14(2)6-5-11(9-14)17-8-7-15-10-12(17)13(18)16(3)4/h11-12,15H,5-10H2,1-4H3. The van der Waals surface area contributed by atoms with Gasteiger partial charge in [-0.2, -0.15) is 0 Å². The van der Waals surface area contributed by atoms with Gasteiger partial charge in [0.2, 0.25) is 5.91 Å². The summed E-state index contributed by atoms with van der Waals surface area (Å²) in [5.41, 5.74) is 0.446. The minimum Gasteiger partial charge on any atom is -0.347 e. The van der Waals surface area contributed by atoms with Crippen molar-refractivity contribution >= 4 is 5.91 Å². The van der Waals surface area contributed by atoms with E-state index in [1.54, 1.807) is 4.90 Å². The summed E-state index contributed by atoms with van der Waals surface area (Å²) in [7, 11) is 3.71. The van der Waals surface area contributed by atoms with Gasteiger partial charge in [0.1, 0.15) is 6.04 Å². The van der Waals surface area contributed by atoms with Gasteiger partial charge in [-0.3, -0.25) is 9.69 Å². The van der Waals surface area contributed by atoms with Crippen LogP contribution in [0.3, 0.4) is 0 Å². The van der Waals surface area contributed by atoms with Gasteiger partial charge in [-0.25, -0.2) is 0 Å². The Morgan fingerprint density at radius 3 is 2.67 bits per heavy atom. The van der Waals surface area contributed by atoms with Crippen molar-refractivity contribution in [2.24, 2.45) is 5.41 Å². The average molecular weight is 253 g/mol. The molecule has 1 heterocycles. The van der Waals surface area contributed by atoms with Crippen LogP contribution in [-0.2, 0) is 4.79 Å². The monoisotopic (exact) mass is 253 g/mol. The van der Waals surface area contributed by atoms with Crippen LogP contribution in [0, 0.1) is 5.41 Å². The second kappa shape index (κ2) is 5.17. The highest BCUT2D eigenvalue weighted by molar-refractivity contribution is 5.81. The van der Waals surface area contributed by atoms with Crippen molar-refractivity contribution in [2.45, 2.75) is 45.2 Å². The highest BCUT2D eigenvalue weighted by Crippen LogP contribution is 2.40. The second-order valence-corrected chi connectivity index (χ2v) is 6.75. The Kier molecular flexibility index (Phi) is 3.97. The Labute approximate surface area is 111 Å². The van der Waals surface area contributed by atoms with Crippen LogP contribution in [0.25, 0.3) is 0 Å². The summed E-state index contributed by atoms with van der Waals surface area (Å²) in [6.45, 7) is 7.50. The number of likely N-dealkylation sites (N-methyl/N-ethyl adjacent to an activating group) is 1. The maximum atomic E-state index is 12.3. The lowest BCUT2D eigenvalue weighted by Crippen LogP contribution is -2.60. The average Bonchev–Trinajstić information content (AvgIpc) is 2.68. The van der Waals surface area contributed by atoms with E-state index in [2.05, 4.69) is 24.1 Å². The lowest BCUT2D eigenvalue weighted by molar-refractivity contribution is -0.136. The van der Waals surface area contributed by atoms with Crippen molar-refractivity contribution in [1.29, 1.82) is 0 Å². The van der Waals surface area contributed by atoms with E-state index in [4.69, 9.17) is 0 Å². The maximum absolute atomic E-state index is 12.3. The Morgan fingerprint density at radius 2 is 2.11 bits per heavy atom. The number of carbonyl (C=O) groups is 1. The largest absolute Gasteiger partial charge is 0.347 e. The van der Waals surface area contributed by atoms with Crippen molar-refractivity contribution in [2.75, 3.05) is 33.7 Å². The summed E-state index contributed by atoms with van der Waals surface area (Å²) in [4.78, 5) is 16.4. The smallest absolute Gasteiger partial charge is 0.240 e. The topological polar surface area (TPSA) is 35.6 Å². The van der Waals surface area contributed by atoms with Gasteiger partial charge in [-0.15, -0.1) is 0 Å². The molecule has 1 amide bonds. The first-order chi connectivity index (χ1) is 8.41. The zero-order valence-corrected chi connectivity index (χ0v) is 12.2. The Bertz CT molecular complexity index is 314. The number of nitrogens with one attached hydrogen (secondary N) is 1. The van der Waals surface area contributed by atoms with Crippen molar-refractivity contribution in [3.63, 3.8) is 0 Å². The third-order valence-electron chi connectivity index (χ3n) is 4.42. The number of carbonyl (C=O) groups excluding carboxylic acids is 1. The molecule has 0 aromatic rings. The first-order valence-corrected chi connectivity index (χ1v) is 7.08. The second-order valence-electron chi connectivity index (χ2n) is 6.75. The highest BCUT2D eigenvalue weighted by Gasteiger charge is 2.40. The van der Waals surface area contributed by atoms with Crippen LogP contribution in [0.15, 0.2) is 0 Å². The third kappa shape index (κ3) is 2.86. The number of nitrogens with zero attached hydrogens (tertiary/aromatic N) is 2. The van der Waals surface area contributed by atoms with Gasteiger partial charge in [0.15, 0.2) is 0 Å². The normalized spacial score (nSPS) is 32.4. The predicted octanol–water partition coefficient (Wildman–Crippen LogP) is 0.927. The van der Waals surface area contributed by atoms with Crippen LogP contribution in [-0.4, -0.2) is 61.5 Å². The molecule has 2 unspecified atom stereocenters. The van der Waals surface area contributed by atoms with Crippen molar-refractivity contribution in [3.8, 4) is 0 Å². The highest BCUT2D eigenvalue weighted by atomic mass is 16.2. The fourth-order valence-electron chi connectivity index (χ4n) is 3.37. The van der Waals surface area contributed by atoms with Gasteiger partial charge in [-0.1, -0.05) is 13.8 Å². The summed E-state index contributed by atoms with van der Waals surface area (Å²) in [6, 6.07) is 0.628. The molecule has 18 heavy (non-hydrogen) atoms. The Hall–Kier alpha value is -0.610. The van der Waals surface area contributed by atoms with E-state index in [9.17, 15) is 4.79 Å². The molecule has 1 aliphatic heterocycles. The number of rotatable bonds is 2. The predicted molar refractivity (Wildman–Crippen MR) is 73.5 cm³/mol. The number of amides is 1. The van der Waals surface area contributed by atoms with E-state index >= 15 is 0 Å². The van der Waals surface area contributed by atoms with E-state index in [1.807, 2.05) is 14.1 Å². The molecule has 0 radical (unpaired) electrons. The van der Waals surface area contributed by atoms with Crippen LogP contribution < -0.4 is 5.32 Å². The number of hydrogen-bond donors (Lipinski definition) is 1. The lowest BCUT2D eigenvalue weighted by atomic mass is 9.91. The fourth-order valence-corrected chi connectivity index (χ4v) is 3.37. The summed E-state index contributed by atoms with van der Waals surface area (Å²) >= 11 is 0. The zero-order valence-electron chi connectivity index (χ0n) is 12.2. The SMILES string of the molecule is CN(C)C(=O)C1CNCCN1C1CCC(C)(C)C1. The number of piperazine rings is 1. The van der Waals surface area contributed by atoms with Gasteiger partial charge in [-0.05, 0) is 24.7 Å². The molecule has 2 aliphatic rings. The molecule has 0 spiro atoms. The molecule has 0 bridgehead atoms. The first-order valence-electron chi connectivity index (χ1n) is 7.08. The van der Waals surface area contributed by atoms with Crippen molar-refractivity contribution < 1.29 is 4.79 Å². The van der Waals surface area contributed by atoms with E-state index in [0.29, 0.717) is 11.5 Å². The molecule has 1 N–H and O–H groups in total. The summed E-state index contributed by atoms with van der Waals surface area (Å²) in [5.74, 6) is 0.243. The van der Waals surface area contributed by atoms with Crippen LogP contribution >= 0.6 is 0 Å². The molecule has 1 saturated heterocycles. The minimum absolute atomic E-state index is 0.0349. The molecule has 1 saturated carbocycles. The molecule has 4 nitrogen and oxygen atoms in total. The van der Waals surface area contributed by atoms with E-state index < -0.39 is 0 Å². The molecule has 2 fully saturated rings.